The average Bonchev–Trinajstić information content (AvgIpc) is 3.24. The molecule has 0 saturated heterocycles. The summed E-state index contributed by atoms with van der Waals surface area (Å²) in [4.78, 5) is 34.4. The summed E-state index contributed by atoms with van der Waals surface area (Å²) >= 11 is 0. The first-order chi connectivity index (χ1) is 16.6. The monoisotopic (exact) mass is 460 g/mol. The van der Waals surface area contributed by atoms with E-state index in [9.17, 15) is 4.79 Å². The summed E-state index contributed by atoms with van der Waals surface area (Å²) in [6, 6.07) is 3.74. The second-order valence-electron chi connectivity index (χ2n) is 8.11. The van der Waals surface area contributed by atoms with Crippen LogP contribution in [-0.4, -0.2) is 59.4 Å². The number of aryl methyl sites for hydroxylation is 2. The number of rotatable bonds is 8. The van der Waals surface area contributed by atoms with E-state index in [2.05, 4.69) is 35.3 Å². The van der Waals surface area contributed by atoms with Crippen molar-refractivity contribution in [2.45, 2.75) is 45.3 Å². The number of fused-ring (bicyclic) bond motifs is 1. The van der Waals surface area contributed by atoms with E-state index in [4.69, 9.17) is 9.47 Å². The largest absolute Gasteiger partial charge is 0.461 e. The van der Waals surface area contributed by atoms with Gasteiger partial charge in [0, 0.05) is 6.20 Å². The summed E-state index contributed by atoms with van der Waals surface area (Å²) in [7, 11) is 0. The Morgan fingerprint density at radius 3 is 2.76 bits per heavy atom. The highest BCUT2D eigenvalue weighted by molar-refractivity contribution is 5.94. The van der Waals surface area contributed by atoms with Crippen LogP contribution in [0.3, 0.4) is 0 Å². The Hall–Kier alpha value is -3.99. The Bertz CT molecular complexity index is 1300. The number of carbonyl (C=O) groups excluding carboxylic acids is 1. The van der Waals surface area contributed by atoms with Crippen LogP contribution in [0.2, 0.25) is 0 Å². The van der Waals surface area contributed by atoms with Gasteiger partial charge < -0.3 is 14.8 Å². The smallest absolute Gasteiger partial charge is 0.269 e. The molecule has 5 rings (SSSR count). The zero-order valence-electron chi connectivity index (χ0n) is 18.9. The molecule has 0 spiro atoms. The van der Waals surface area contributed by atoms with Gasteiger partial charge in [-0.2, -0.15) is 5.10 Å². The van der Waals surface area contributed by atoms with Crippen molar-refractivity contribution in [3.05, 3.63) is 54.6 Å². The molecular weight excluding hydrogens is 436 g/mol. The SMILES string of the molecule is Cc1cnc(NC(=O)[C@H](COC2CCC2)Oc2ncnc3c2cnn3-c2cccnc2C)cn1. The molecule has 0 bridgehead atoms. The molecule has 4 aromatic rings. The number of pyridine rings is 1. The highest BCUT2D eigenvalue weighted by Crippen LogP contribution is 2.26. The van der Waals surface area contributed by atoms with Crippen molar-refractivity contribution in [1.29, 1.82) is 0 Å². The highest BCUT2D eigenvalue weighted by atomic mass is 16.5. The van der Waals surface area contributed by atoms with Gasteiger partial charge in [-0.15, -0.1) is 0 Å². The molecular formula is C23H24N8O3. The number of ether oxygens (including phenoxy) is 2. The molecule has 34 heavy (non-hydrogen) atoms. The van der Waals surface area contributed by atoms with Gasteiger partial charge in [0.2, 0.25) is 12.0 Å². The molecule has 0 aliphatic heterocycles. The number of nitrogens with one attached hydrogen (secondary N) is 1. The minimum absolute atomic E-state index is 0.0805. The van der Waals surface area contributed by atoms with Crippen molar-refractivity contribution in [3.8, 4) is 11.6 Å². The van der Waals surface area contributed by atoms with Crippen LogP contribution < -0.4 is 10.1 Å². The summed E-state index contributed by atoms with van der Waals surface area (Å²) in [5, 5.41) is 7.77. The van der Waals surface area contributed by atoms with Crippen LogP contribution in [0.25, 0.3) is 16.7 Å². The maximum Gasteiger partial charge on any atom is 0.269 e. The van der Waals surface area contributed by atoms with Crippen molar-refractivity contribution in [1.82, 2.24) is 34.7 Å². The fourth-order valence-corrected chi connectivity index (χ4v) is 3.52. The molecule has 0 unspecified atom stereocenters. The number of hydrogen-bond acceptors (Lipinski definition) is 9. The van der Waals surface area contributed by atoms with Crippen LogP contribution in [0.15, 0.2) is 43.2 Å². The number of aromatic nitrogens is 7. The third-order valence-corrected chi connectivity index (χ3v) is 5.65. The normalized spacial score (nSPS) is 14.5. The first kappa shape index (κ1) is 21.8. The number of carbonyl (C=O) groups is 1. The molecule has 1 aliphatic rings. The minimum atomic E-state index is -0.953. The fourth-order valence-electron chi connectivity index (χ4n) is 3.52. The lowest BCUT2D eigenvalue weighted by atomic mass is 9.96. The Balaban J connectivity index is 1.41. The lowest BCUT2D eigenvalue weighted by Crippen LogP contribution is -2.39. The standard InChI is InChI=1S/C23H24N8O3/c1-14-9-26-20(11-25-14)30-22(32)19(12-33-16-5-3-6-16)34-23-17-10-29-31(21(17)27-13-28-23)18-7-4-8-24-15(18)2/h4,7-11,13,16,19H,3,5-6,12H2,1-2H3,(H,26,30,32)/t19-/m0/s1. The van der Waals surface area contributed by atoms with E-state index in [0.717, 1.165) is 36.3 Å². The zero-order valence-corrected chi connectivity index (χ0v) is 18.9. The van der Waals surface area contributed by atoms with Crippen LogP contribution in [0.1, 0.15) is 30.7 Å². The van der Waals surface area contributed by atoms with E-state index in [0.29, 0.717) is 16.9 Å². The Morgan fingerprint density at radius 2 is 2.03 bits per heavy atom. The van der Waals surface area contributed by atoms with E-state index < -0.39 is 12.0 Å². The van der Waals surface area contributed by atoms with Crippen LogP contribution >= 0.6 is 0 Å². The summed E-state index contributed by atoms with van der Waals surface area (Å²) in [6.45, 7) is 3.80. The van der Waals surface area contributed by atoms with Gasteiger partial charge in [0.15, 0.2) is 11.5 Å². The zero-order chi connectivity index (χ0) is 23.5. The number of anilines is 1. The molecule has 1 atom stereocenters. The molecule has 11 nitrogen and oxygen atoms in total. The van der Waals surface area contributed by atoms with E-state index >= 15 is 0 Å². The van der Waals surface area contributed by atoms with Crippen LogP contribution in [0, 0.1) is 13.8 Å². The summed E-state index contributed by atoms with van der Waals surface area (Å²) in [5.74, 6) is 0.172. The molecule has 1 saturated carbocycles. The van der Waals surface area contributed by atoms with Gasteiger partial charge in [0.1, 0.15) is 11.7 Å². The topological polar surface area (TPSA) is 130 Å². The molecule has 11 heteroatoms. The molecule has 1 fully saturated rings. The first-order valence-electron chi connectivity index (χ1n) is 11.1. The molecule has 1 N–H and O–H groups in total. The maximum absolute atomic E-state index is 13.1. The molecule has 1 amide bonds. The van der Waals surface area contributed by atoms with Crippen molar-refractivity contribution >= 4 is 22.8 Å². The number of hydrogen-bond donors (Lipinski definition) is 1. The molecule has 0 radical (unpaired) electrons. The minimum Gasteiger partial charge on any atom is -0.461 e. The van der Waals surface area contributed by atoms with Gasteiger partial charge in [-0.05, 0) is 45.2 Å². The summed E-state index contributed by atoms with van der Waals surface area (Å²) in [5.41, 5.74) is 2.90. The number of amides is 1. The van der Waals surface area contributed by atoms with Gasteiger partial charge in [-0.3, -0.25) is 14.8 Å². The second-order valence-corrected chi connectivity index (χ2v) is 8.11. The van der Waals surface area contributed by atoms with Crippen LogP contribution in [0.4, 0.5) is 5.82 Å². The van der Waals surface area contributed by atoms with Gasteiger partial charge in [0.05, 0.1) is 48.4 Å². The van der Waals surface area contributed by atoms with E-state index in [1.807, 2.05) is 26.0 Å². The predicted octanol–water partition coefficient (Wildman–Crippen LogP) is 2.57. The lowest BCUT2D eigenvalue weighted by Gasteiger charge is -2.27. The molecule has 1 aliphatic carbocycles. The van der Waals surface area contributed by atoms with Gasteiger partial charge in [-0.25, -0.2) is 19.6 Å². The van der Waals surface area contributed by atoms with E-state index in [1.54, 1.807) is 23.3 Å². The van der Waals surface area contributed by atoms with Gasteiger partial charge in [0.25, 0.3) is 5.91 Å². The van der Waals surface area contributed by atoms with Crippen molar-refractivity contribution in [2.24, 2.45) is 0 Å². The molecule has 174 valence electrons. The third kappa shape index (κ3) is 4.55. The van der Waals surface area contributed by atoms with Gasteiger partial charge in [-0.1, -0.05) is 0 Å². The molecule has 4 heterocycles. The van der Waals surface area contributed by atoms with E-state index in [-0.39, 0.29) is 18.6 Å². The lowest BCUT2D eigenvalue weighted by molar-refractivity contribution is -0.128. The highest BCUT2D eigenvalue weighted by Gasteiger charge is 2.27. The number of nitrogens with zero attached hydrogens (tertiary/aromatic N) is 7. The summed E-state index contributed by atoms with van der Waals surface area (Å²) < 4.78 is 13.7. The average molecular weight is 460 g/mol. The second kappa shape index (κ2) is 9.48. The van der Waals surface area contributed by atoms with Crippen molar-refractivity contribution in [2.75, 3.05) is 11.9 Å². The van der Waals surface area contributed by atoms with Crippen molar-refractivity contribution in [3.63, 3.8) is 0 Å². The maximum atomic E-state index is 13.1. The predicted molar refractivity (Wildman–Crippen MR) is 123 cm³/mol. The quantitative estimate of drug-likeness (QED) is 0.421. The van der Waals surface area contributed by atoms with Crippen LogP contribution in [-0.2, 0) is 9.53 Å². The van der Waals surface area contributed by atoms with Gasteiger partial charge >= 0.3 is 0 Å². The molecule has 0 aromatic carbocycles. The van der Waals surface area contributed by atoms with E-state index in [1.165, 1.54) is 12.5 Å². The molecule has 4 aromatic heterocycles. The Morgan fingerprint density at radius 1 is 1.15 bits per heavy atom. The fraction of sp³-hybridized carbons (Fsp3) is 0.348. The first-order valence-corrected chi connectivity index (χ1v) is 11.1. The Labute approximate surface area is 195 Å². The van der Waals surface area contributed by atoms with Crippen molar-refractivity contribution < 1.29 is 14.3 Å². The third-order valence-electron chi connectivity index (χ3n) is 5.65. The Kier molecular flexibility index (Phi) is 6.09. The summed E-state index contributed by atoms with van der Waals surface area (Å²) in [6.07, 6.45) is 10.1. The van der Waals surface area contributed by atoms with Crippen LogP contribution in [0.5, 0.6) is 5.88 Å².